The van der Waals surface area contributed by atoms with Gasteiger partial charge in [0.15, 0.2) is 0 Å². The summed E-state index contributed by atoms with van der Waals surface area (Å²) >= 11 is 0. The highest BCUT2D eigenvalue weighted by Gasteiger charge is 2.30. The van der Waals surface area contributed by atoms with Crippen LogP contribution in [0.25, 0.3) is 0 Å². The number of amides is 1. The van der Waals surface area contributed by atoms with Crippen LogP contribution < -0.4 is 4.31 Å². The van der Waals surface area contributed by atoms with E-state index in [0.29, 0.717) is 18.8 Å². The average Bonchev–Trinajstić information content (AvgIpc) is 2.84. The van der Waals surface area contributed by atoms with E-state index in [1.54, 1.807) is 47.4 Å². The lowest BCUT2D eigenvalue weighted by atomic mass is 10.2. The van der Waals surface area contributed by atoms with E-state index in [1.165, 1.54) is 9.87 Å². The fourth-order valence-electron chi connectivity index (χ4n) is 4.08. The van der Waals surface area contributed by atoms with E-state index >= 15 is 0 Å². The van der Waals surface area contributed by atoms with Gasteiger partial charge in [-0.3, -0.25) is 14.0 Å². The largest absolute Gasteiger partial charge is 0.339 e. The number of nitrogens with zero attached hydrogens (tertiary/aromatic N) is 3. The molecule has 0 atom stereocenters. The molecule has 7 heteroatoms. The van der Waals surface area contributed by atoms with Crippen LogP contribution >= 0.6 is 0 Å². The van der Waals surface area contributed by atoms with Gasteiger partial charge in [-0.15, -0.1) is 0 Å². The molecule has 0 saturated carbocycles. The molecular formula is C26H29N3O3S. The summed E-state index contributed by atoms with van der Waals surface area (Å²) in [6.45, 7) is 5.17. The normalized spacial score (nSPS) is 14.8. The van der Waals surface area contributed by atoms with Crippen molar-refractivity contribution in [3.63, 3.8) is 0 Å². The molecule has 33 heavy (non-hydrogen) atoms. The number of piperazine rings is 1. The minimum absolute atomic E-state index is 0.175. The van der Waals surface area contributed by atoms with E-state index in [2.05, 4.69) is 17.0 Å². The minimum atomic E-state index is -3.89. The summed E-state index contributed by atoms with van der Waals surface area (Å²) in [5.74, 6) is -0.183. The molecule has 1 saturated heterocycles. The second-order valence-corrected chi connectivity index (χ2v) is 10.1. The molecule has 4 rings (SSSR count). The van der Waals surface area contributed by atoms with E-state index in [0.717, 1.165) is 25.2 Å². The Morgan fingerprint density at radius 3 is 2.03 bits per heavy atom. The lowest BCUT2D eigenvalue weighted by Gasteiger charge is -2.36. The number of hydrogen-bond donors (Lipinski definition) is 0. The maximum absolute atomic E-state index is 13.5. The van der Waals surface area contributed by atoms with Gasteiger partial charge in [0.2, 0.25) is 5.91 Å². The van der Waals surface area contributed by atoms with Crippen LogP contribution in [0.15, 0.2) is 89.8 Å². The zero-order valence-electron chi connectivity index (χ0n) is 18.8. The van der Waals surface area contributed by atoms with Gasteiger partial charge in [-0.2, -0.15) is 0 Å². The highest BCUT2D eigenvalue weighted by molar-refractivity contribution is 7.92. The third-order valence-electron chi connectivity index (χ3n) is 5.97. The van der Waals surface area contributed by atoms with Gasteiger partial charge in [0.1, 0.15) is 6.54 Å². The van der Waals surface area contributed by atoms with E-state index < -0.39 is 10.0 Å². The predicted molar refractivity (Wildman–Crippen MR) is 130 cm³/mol. The molecule has 6 nitrogen and oxygen atoms in total. The number of anilines is 1. The summed E-state index contributed by atoms with van der Waals surface area (Å²) in [4.78, 5) is 17.5. The van der Waals surface area contributed by atoms with E-state index in [-0.39, 0.29) is 17.3 Å². The minimum Gasteiger partial charge on any atom is -0.339 e. The quantitative estimate of drug-likeness (QED) is 0.538. The monoisotopic (exact) mass is 463 g/mol. The van der Waals surface area contributed by atoms with E-state index in [4.69, 9.17) is 0 Å². The van der Waals surface area contributed by atoms with Gasteiger partial charge in [0, 0.05) is 32.7 Å². The maximum atomic E-state index is 13.5. The number of hydrogen-bond acceptors (Lipinski definition) is 4. The van der Waals surface area contributed by atoms with Gasteiger partial charge in [-0.25, -0.2) is 8.42 Å². The van der Waals surface area contributed by atoms with Crippen molar-refractivity contribution >= 4 is 21.6 Å². The van der Waals surface area contributed by atoms with E-state index in [1.807, 2.05) is 37.3 Å². The number of para-hydroxylation sites is 1. The lowest BCUT2D eigenvalue weighted by Crippen LogP contribution is -2.51. The summed E-state index contributed by atoms with van der Waals surface area (Å²) in [6.07, 6.45) is 0. The van der Waals surface area contributed by atoms with Crippen LogP contribution in [0.4, 0.5) is 5.69 Å². The van der Waals surface area contributed by atoms with Crippen molar-refractivity contribution in [2.24, 2.45) is 0 Å². The van der Waals surface area contributed by atoms with Crippen LogP contribution in [0.5, 0.6) is 0 Å². The first-order chi connectivity index (χ1) is 15.9. The average molecular weight is 464 g/mol. The van der Waals surface area contributed by atoms with E-state index in [9.17, 15) is 13.2 Å². The highest BCUT2D eigenvalue weighted by Crippen LogP contribution is 2.27. The summed E-state index contributed by atoms with van der Waals surface area (Å²) in [5.41, 5.74) is 2.58. The Hall–Kier alpha value is -3.16. The van der Waals surface area contributed by atoms with Crippen molar-refractivity contribution in [1.29, 1.82) is 0 Å². The van der Waals surface area contributed by atoms with Crippen molar-refractivity contribution in [1.82, 2.24) is 9.80 Å². The molecule has 0 N–H and O–H groups in total. The molecule has 0 aliphatic carbocycles. The number of sulfonamides is 1. The van der Waals surface area contributed by atoms with Gasteiger partial charge in [0.05, 0.1) is 10.6 Å². The standard InChI is InChI=1S/C26H29N3O3S/c1-22-10-8-9-15-25(22)29(33(31,32)24-13-6-3-7-14-24)21-26(30)28-18-16-27(17-19-28)20-23-11-4-2-5-12-23/h2-15H,16-21H2,1H3. The summed E-state index contributed by atoms with van der Waals surface area (Å²) in [7, 11) is -3.89. The second-order valence-electron chi connectivity index (χ2n) is 8.25. The fourth-order valence-corrected chi connectivity index (χ4v) is 5.58. The Kier molecular flexibility index (Phi) is 7.11. The summed E-state index contributed by atoms with van der Waals surface area (Å²) in [6, 6.07) is 25.8. The van der Waals surface area contributed by atoms with Crippen LogP contribution in [0.3, 0.4) is 0 Å². The zero-order valence-corrected chi connectivity index (χ0v) is 19.6. The molecule has 3 aromatic rings. The molecule has 0 spiro atoms. The molecule has 1 aliphatic rings. The zero-order chi connectivity index (χ0) is 23.3. The lowest BCUT2D eigenvalue weighted by molar-refractivity contribution is -0.131. The Morgan fingerprint density at radius 1 is 0.818 bits per heavy atom. The topological polar surface area (TPSA) is 60.9 Å². The molecule has 0 radical (unpaired) electrons. The smallest absolute Gasteiger partial charge is 0.264 e. The van der Waals surface area contributed by atoms with Crippen LogP contribution in [0, 0.1) is 6.92 Å². The molecule has 1 heterocycles. The second kappa shape index (κ2) is 10.2. The fraction of sp³-hybridized carbons (Fsp3) is 0.269. The first-order valence-electron chi connectivity index (χ1n) is 11.1. The number of aryl methyl sites for hydroxylation is 1. The third kappa shape index (κ3) is 5.43. The molecule has 3 aromatic carbocycles. The van der Waals surface area contributed by atoms with Gasteiger partial charge in [-0.1, -0.05) is 66.7 Å². The SMILES string of the molecule is Cc1ccccc1N(CC(=O)N1CCN(Cc2ccccc2)CC1)S(=O)(=O)c1ccccc1. The van der Waals surface area contributed by atoms with Gasteiger partial charge in [-0.05, 0) is 36.2 Å². The Labute approximate surface area is 196 Å². The molecule has 1 amide bonds. The molecular weight excluding hydrogens is 434 g/mol. The summed E-state index contributed by atoms with van der Waals surface area (Å²) < 4.78 is 28.3. The van der Waals surface area contributed by atoms with Crippen LogP contribution in [-0.2, 0) is 21.4 Å². The highest BCUT2D eigenvalue weighted by atomic mass is 32.2. The van der Waals surface area contributed by atoms with Crippen LogP contribution in [0.2, 0.25) is 0 Å². The van der Waals surface area contributed by atoms with Crippen molar-refractivity contribution < 1.29 is 13.2 Å². The first-order valence-corrected chi connectivity index (χ1v) is 12.6. The third-order valence-corrected chi connectivity index (χ3v) is 7.74. The number of rotatable bonds is 7. The first kappa shape index (κ1) is 23.0. The molecule has 1 aliphatic heterocycles. The molecule has 172 valence electrons. The summed E-state index contributed by atoms with van der Waals surface area (Å²) in [5, 5.41) is 0. The van der Waals surface area contributed by atoms with Crippen LogP contribution in [-0.4, -0.2) is 56.8 Å². The van der Waals surface area contributed by atoms with Crippen molar-refractivity contribution in [2.75, 3.05) is 37.0 Å². The van der Waals surface area contributed by atoms with Crippen molar-refractivity contribution in [3.8, 4) is 0 Å². The molecule has 0 bridgehead atoms. The maximum Gasteiger partial charge on any atom is 0.264 e. The molecule has 0 unspecified atom stereocenters. The molecule has 0 aromatic heterocycles. The van der Waals surface area contributed by atoms with Crippen molar-refractivity contribution in [2.45, 2.75) is 18.4 Å². The predicted octanol–water partition coefficient (Wildman–Crippen LogP) is 3.53. The number of benzene rings is 3. The number of carbonyl (C=O) groups excluding carboxylic acids is 1. The molecule has 1 fully saturated rings. The van der Waals surface area contributed by atoms with Crippen LogP contribution in [0.1, 0.15) is 11.1 Å². The Morgan fingerprint density at radius 2 is 1.39 bits per heavy atom. The Bertz CT molecular complexity index is 1180. The number of carbonyl (C=O) groups is 1. The van der Waals surface area contributed by atoms with Crippen molar-refractivity contribution in [3.05, 3.63) is 96.1 Å². The Balaban J connectivity index is 1.49. The van der Waals surface area contributed by atoms with Gasteiger partial charge in [0.25, 0.3) is 10.0 Å². The van der Waals surface area contributed by atoms with Gasteiger partial charge < -0.3 is 4.90 Å². The van der Waals surface area contributed by atoms with Gasteiger partial charge >= 0.3 is 0 Å².